The lowest BCUT2D eigenvalue weighted by atomic mass is 10.1. The summed E-state index contributed by atoms with van der Waals surface area (Å²) in [6.07, 6.45) is -2.74. The molecule has 1 saturated carbocycles. The van der Waals surface area contributed by atoms with E-state index in [2.05, 4.69) is 20.7 Å². The summed E-state index contributed by atoms with van der Waals surface area (Å²) in [7, 11) is 3.79. The second-order valence-corrected chi connectivity index (χ2v) is 7.60. The summed E-state index contributed by atoms with van der Waals surface area (Å²) in [5.74, 6) is -0.280. The molecule has 0 radical (unpaired) electrons. The molecule has 0 atom stereocenters. The molecule has 1 aliphatic carbocycles. The third-order valence-corrected chi connectivity index (χ3v) is 4.67. The van der Waals surface area contributed by atoms with Crippen LogP contribution >= 0.6 is 0 Å². The standard InChI is InChI=1S/C20H21F3N6O/c1-28(2)11-12-5-3-4-6-15(12)18(30)26-19-25-17-10-13(20(21,22)23)9-16(29(17)27-19)24-14-7-8-14/h3-6,9-10,14,24H,7-8,11H2,1-2H3,(H,26,27,30). The van der Waals surface area contributed by atoms with Gasteiger partial charge in [-0.25, -0.2) is 0 Å². The van der Waals surface area contributed by atoms with E-state index >= 15 is 0 Å². The van der Waals surface area contributed by atoms with Crippen molar-refractivity contribution in [1.82, 2.24) is 19.5 Å². The van der Waals surface area contributed by atoms with Gasteiger partial charge < -0.3 is 10.2 Å². The fraction of sp³-hybridized carbons (Fsp3) is 0.350. The van der Waals surface area contributed by atoms with Gasteiger partial charge in [0.2, 0.25) is 5.95 Å². The maximum atomic E-state index is 13.3. The molecule has 1 fully saturated rings. The summed E-state index contributed by atoms with van der Waals surface area (Å²) in [5.41, 5.74) is 0.459. The number of alkyl halides is 3. The number of rotatable bonds is 6. The highest BCUT2D eigenvalue weighted by atomic mass is 19.4. The number of fused-ring (bicyclic) bond motifs is 1. The molecule has 0 spiro atoms. The first-order valence-corrected chi connectivity index (χ1v) is 9.49. The Morgan fingerprint density at radius 2 is 1.97 bits per heavy atom. The number of carbonyl (C=O) groups excluding carboxylic acids is 1. The second kappa shape index (κ2) is 7.60. The first-order valence-electron chi connectivity index (χ1n) is 9.49. The molecule has 0 saturated heterocycles. The molecule has 4 rings (SSSR count). The van der Waals surface area contributed by atoms with Gasteiger partial charge >= 0.3 is 6.18 Å². The van der Waals surface area contributed by atoms with Crippen LogP contribution < -0.4 is 10.6 Å². The topological polar surface area (TPSA) is 74.6 Å². The lowest BCUT2D eigenvalue weighted by molar-refractivity contribution is -0.137. The highest BCUT2D eigenvalue weighted by Crippen LogP contribution is 2.33. The number of hydrogen-bond acceptors (Lipinski definition) is 5. The first kappa shape index (κ1) is 20.1. The minimum atomic E-state index is -4.51. The van der Waals surface area contributed by atoms with Crippen LogP contribution in [-0.4, -0.2) is 45.5 Å². The molecular weight excluding hydrogens is 397 g/mol. The Morgan fingerprint density at radius 1 is 1.23 bits per heavy atom. The molecule has 1 aliphatic rings. The molecule has 0 unspecified atom stereocenters. The van der Waals surface area contributed by atoms with Crippen molar-refractivity contribution < 1.29 is 18.0 Å². The SMILES string of the molecule is CN(C)Cc1ccccc1C(=O)Nc1nc2cc(C(F)(F)F)cc(NC3CC3)n2n1. The summed E-state index contributed by atoms with van der Waals surface area (Å²) < 4.78 is 41.1. The molecule has 7 nitrogen and oxygen atoms in total. The van der Waals surface area contributed by atoms with E-state index in [1.54, 1.807) is 12.1 Å². The van der Waals surface area contributed by atoms with E-state index in [1.165, 1.54) is 4.52 Å². The van der Waals surface area contributed by atoms with Gasteiger partial charge in [-0.2, -0.15) is 22.7 Å². The van der Waals surface area contributed by atoms with Gasteiger partial charge in [-0.05, 0) is 50.7 Å². The number of aromatic nitrogens is 3. The number of amides is 1. The molecule has 1 aromatic carbocycles. The number of halogens is 3. The summed E-state index contributed by atoms with van der Waals surface area (Å²) in [6, 6.07) is 9.17. The summed E-state index contributed by atoms with van der Waals surface area (Å²) in [5, 5.41) is 9.85. The van der Waals surface area contributed by atoms with Crippen LogP contribution in [0.4, 0.5) is 24.9 Å². The average molecular weight is 418 g/mol. The molecule has 1 amide bonds. The number of benzene rings is 1. The maximum Gasteiger partial charge on any atom is 0.416 e. The van der Waals surface area contributed by atoms with E-state index in [0.29, 0.717) is 12.1 Å². The van der Waals surface area contributed by atoms with Crippen molar-refractivity contribution in [3.63, 3.8) is 0 Å². The Morgan fingerprint density at radius 3 is 2.63 bits per heavy atom. The van der Waals surface area contributed by atoms with Crippen LogP contribution in [0.15, 0.2) is 36.4 Å². The van der Waals surface area contributed by atoms with Crippen LogP contribution in [0.2, 0.25) is 0 Å². The number of pyridine rings is 1. The van der Waals surface area contributed by atoms with Crippen molar-refractivity contribution >= 4 is 23.3 Å². The average Bonchev–Trinajstić information content (AvgIpc) is 3.37. The third kappa shape index (κ3) is 4.38. The number of carbonyl (C=O) groups is 1. The highest BCUT2D eigenvalue weighted by molar-refractivity contribution is 6.04. The summed E-state index contributed by atoms with van der Waals surface area (Å²) in [6.45, 7) is 0.562. The molecule has 2 heterocycles. The lowest BCUT2D eigenvalue weighted by Gasteiger charge is -2.13. The fourth-order valence-corrected chi connectivity index (χ4v) is 3.13. The van der Waals surface area contributed by atoms with Crippen LogP contribution in [0.1, 0.15) is 34.3 Å². The molecule has 0 bridgehead atoms. The molecule has 2 N–H and O–H groups in total. The minimum absolute atomic E-state index is 0.00449. The Balaban J connectivity index is 1.66. The lowest BCUT2D eigenvalue weighted by Crippen LogP contribution is -2.18. The smallest absolute Gasteiger partial charge is 0.367 e. The number of hydrogen-bond donors (Lipinski definition) is 2. The van der Waals surface area contributed by atoms with Gasteiger partial charge in [0.1, 0.15) is 5.82 Å². The summed E-state index contributed by atoms with van der Waals surface area (Å²) >= 11 is 0. The van der Waals surface area contributed by atoms with Crippen LogP contribution in [-0.2, 0) is 12.7 Å². The zero-order valence-electron chi connectivity index (χ0n) is 16.5. The minimum Gasteiger partial charge on any atom is -0.367 e. The van der Waals surface area contributed by atoms with Gasteiger partial charge in [-0.3, -0.25) is 10.1 Å². The van der Waals surface area contributed by atoms with Crippen molar-refractivity contribution in [3.05, 3.63) is 53.1 Å². The second-order valence-electron chi connectivity index (χ2n) is 7.60. The first-order chi connectivity index (χ1) is 14.2. The Hall–Kier alpha value is -3.14. The van der Waals surface area contributed by atoms with E-state index < -0.39 is 17.6 Å². The molecule has 10 heteroatoms. The molecule has 3 aromatic rings. The molecule has 30 heavy (non-hydrogen) atoms. The Bertz CT molecular complexity index is 1090. The number of nitrogens with one attached hydrogen (secondary N) is 2. The normalized spacial score (nSPS) is 14.3. The maximum absolute atomic E-state index is 13.3. The molecular formula is C20H21F3N6O. The molecule has 158 valence electrons. The highest BCUT2D eigenvalue weighted by Gasteiger charge is 2.33. The van der Waals surface area contributed by atoms with Crippen LogP contribution in [0.25, 0.3) is 5.65 Å². The van der Waals surface area contributed by atoms with E-state index in [1.807, 2.05) is 31.1 Å². The van der Waals surface area contributed by atoms with Crippen LogP contribution in [0.3, 0.4) is 0 Å². The van der Waals surface area contributed by atoms with Gasteiger partial charge in [-0.15, -0.1) is 5.10 Å². The monoisotopic (exact) mass is 418 g/mol. The Kier molecular flexibility index (Phi) is 5.10. The van der Waals surface area contributed by atoms with E-state index in [4.69, 9.17) is 0 Å². The van der Waals surface area contributed by atoms with Crippen molar-refractivity contribution in [2.75, 3.05) is 24.7 Å². The van der Waals surface area contributed by atoms with E-state index in [-0.39, 0.29) is 23.5 Å². The van der Waals surface area contributed by atoms with Gasteiger partial charge in [0, 0.05) is 18.2 Å². The van der Waals surface area contributed by atoms with Crippen molar-refractivity contribution in [2.45, 2.75) is 31.6 Å². The quantitative estimate of drug-likeness (QED) is 0.640. The fourth-order valence-electron chi connectivity index (χ4n) is 3.13. The van der Waals surface area contributed by atoms with Crippen LogP contribution in [0, 0.1) is 0 Å². The molecule has 0 aliphatic heterocycles. The van der Waals surface area contributed by atoms with E-state index in [9.17, 15) is 18.0 Å². The predicted octanol–water partition coefficient (Wildman–Crippen LogP) is 3.64. The van der Waals surface area contributed by atoms with Gasteiger partial charge in [-0.1, -0.05) is 18.2 Å². The van der Waals surface area contributed by atoms with Crippen molar-refractivity contribution in [2.24, 2.45) is 0 Å². The zero-order valence-corrected chi connectivity index (χ0v) is 16.5. The Labute approximate surface area is 170 Å². The zero-order chi connectivity index (χ0) is 21.5. The van der Waals surface area contributed by atoms with Crippen LogP contribution in [0.5, 0.6) is 0 Å². The number of anilines is 2. The largest absolute Gasteiger partial charge is 0.416 e. The van der Waals surface area contributed by atoms with E-state index in [0.717, 1.165) is 30.5 Å². The van der Waals surface area contributed by atoms with Gasteiger partial charge in [0.15, 0.2) is 5.65 Å². The van der Waals surface area contributed by atoms with Crippen molar-refractivity contribution in [1.29, 1.82) is 0 Å². The summed E-state index contributed by atoms with van der Waals surface area (Å²) in [4.78, 5) is 18.8. The van der Waals surface area contributed by atoms with Crippen molar-refractivity contribution in [3.8, 4) is 0 Å². The molecule has 2 aromatic heterocycles. The van der Waals surface area contributed by atoms with Gasteiger partial charge in [0.25, 0.3) is 5.91 Å². The number of nitrogens with zero attached hydrogens (tertiary/aromatic N) is 4. The predicted molar refractivity (Wildman–Crippen MR) is 106 cm³/mol. The third-order valence-electron chi connectivity index (χ3n) is 4.67. The van der Waals surface area contributed by atoms with Gasteiger partial charge in [0.05, 0.1) is 5.56 Å².